The molecular formula is C16H17ClO3S. The first-order chi connectivity index (χ1) is 10.1. The van der Waals surface area contributed by atoms with Crippen LogP contribution in [-0.2, 0) is 9.84 Å². The first-order valence-corrected chi connectivity index (χ1v) is 8.77. The largest absolute Gasteiger partial charge is 0.494 e. The molecule has 0 unspecified atom stereocenters. The molecule has 21 heavy (non-hydrogen) atoms. The minimum absolute atomic E-state index is 0.103. The van der Waals surface area contributed by atoms with E-state index in [1.165, 1.54) is 6.07 Å². The fourth-order valence-electron chi connectivity index (χ4n) is 1.88. The molecule has 112 valence electrons. The predicted molar refractivity (Wildman–Crippen MR) is 84.7 cm³/mol. The molecule has 0 saturated heterocycles. The molecule has 0 aliphatic rings. The molecule has 0 aliphatic carbocycles. The number of unbranched alkanes of at least 4 members (excludes halogenated alkanes) is 1. The molecule has 0 spiro atoms. The average molecular weight is 325 g/mol. The molecule has 0 radical (unpaired) electrons. The lowest BCUT2D eigenvalue weighted by molar-refractivity contribution is 0.309. The van der Waals surface area contributed by atoms with Crippen LogP contribution in [0, 0.1) is 0 Å². The third-order valence-corrected chi connectivity index (χ3v) is 5.01. The molecule has 0 bridgehead atoms. The minimum Gasteiger partial charge on any atom is -0.494 e. The molecule has 2 rings (SSSR count). The van der Waals surface area contributed by atoms with Gasteiger partial charge in [0, 0.05) is 5.02 Å². The highest BCUT2D eigenvalue weighted by Gasteiger charge is 2.14. The summed E-state index contributed by atoms with van der Waals surface area (Å²) in [5.74, 6) is 0.904. The summed E-state index contributed by atoms with van der Waals surface area (Å²) in [4.78, 5) is 0.277. The van der Waals surface area contributed by atoms with Crippen molar-refractivity contribution in [3.63, 3.8) is 0 Å². The monoisotopic (exact) mass is 324 g/mol. The summed E-state index contributed by atoms with van der Waals surface area (Å²) >= 11 is 5.82. The second-order valence-corrected chi connectivity index (χ2v) is 7.19. The highest BCUT2D eigenvalue weighted by Crippen LogP contribution is 2.18. The van der Waals surface area contributed by atoms with Crippen LogP contribution in [0.1, 0.15) is 12.8 Å². The van der Waals surface area contributed by atoms with Gasteiger partial charge >= 0.3 is 0 Å². The maximum Gasteiger partial charge on any atom is 0.178 e. The van der Waals surface area contributed by atoms with E-state index in [9.17, 15) is 8.42 Å². The zero-order chi connectivity index (χ0) is 15.1. The number of benzene rings is 2. The van der Waals surface area contributed by atoms with Gasteiger partial charge in [0.05, 0.1) is 17.3 Å². The van der Waals surface area contributed by atoms with Gasteiger partial charge in [-0.25, -0.2) is 8.42 Å². The van der Waals surface area contributed by atoms with Gasteiger partial charge in [-0.1, -0.05) is 35.9 Å². The predicted octanol–water partition coefficient (Wildman–Crippen LogP) is 3.97. The minimum atomic E-state index is -3.27. The van der Waals surface area contributed by atoms with Crippen LogP contribution in [0.15, 0.2) is 59.5 Å². The summed E-state index contributed by atoms with van der Waals surface area (Å²) in [5.41, 5.74) is 0. The van der Waals surface area contributed by atoms with Crippen LogP contribution >= 0.6 is 11.6 Å². The molecule has 2 aromatic carbocycles. The van der Waals surface area contributed by atoms with Crippen LogP contribution in [0.2, 0.25) is 5.02 Å². The van der Waals surface area contributed by atoms with Crippen molar-refractivity contribution in [1.29, 1.82) is 0 Å². The zero-order valence-corrected chi connectivity index (χ0v) is 13.1. The van der Waals surface area contributed by atoms with Gasteiger partial charge < -0.3 is 4.74 Å². The summed E-state index contributed by atoms with van der Waals surface area (Å²) in [6.07, 6.45) is 1.25. The molecule has 0 heterocycles. The SMILES string of the molecule is O=S(=O)(CCCCOc1ccccc1)c1cccc(Cl)c1. The molecule has 0 aliphatic heterocycles. The van der Waals surface area contributed by atoms with Gasteiger partial charge in [0.2, 0.25) is 0 Å². The standard InChI is InChI=1S/C16H17ClO3S/c17-14-7-6-10-16(13-14)21(18,19)12-5-4-11-20-15-8-2-1-3-9-15/h1-3,6-10,13H,4-5,11-12H2. The van der Waals surface area contributed by atoms with Crippen molar-refractivity contribution in [2.75, 3.05) is 12.4 Å². The zero-order valence-electron chi connectivity index (χ0n) is 11.5. The second kappa shape index (κ2) is 7.48. The first kappa shape index (κ1) is 15.9. The van der Waals surface area contributed by atoms with Gasteiger partial charge in [-0.2, -0.15) is 0 Å². The number of rotatable bonds is 7. The summed E-state index contributed by atoms with van der Waals surface area (Å²) < 4.78 is 29.8. The van der Waals surface area contributed by atoms with Crippen LogP contribution < -0.4 is 4.74 Å². The van der Waals surface area contributed by atoms with Crippen LogP contribution in [0.3, 0.4) is 0 Å². The van der Waals surface area contributed by atoms with Gasteiger partial charge in [-0.15, -0.1) is 0 Å². The van der Waals surface area contributed by atoms with E-state index in [-0.39, 0.29) is 10.6 Å². The number of hydrogen-bond acceptors (Lipinski definition) is 3. The van der Waals surface area contributed by atoms with E-state index in [4.69, 9.17) is 16.3 Å². The van der Waals surface area contributed by atoms with Crippen LogP contribution in [0.4, 0.5) is 0 Å². The summed E-state index contributed by atoms with van der Waals surface area (Å²) in [5, 5.41) is 0.434. The molecular weight excluding hydrogens is 308 g/mol. The Morgan fingerprint density at radius 2 is 1.71 bits per heavy atom. The quantitative estimate of drug-likeness (QED) is 0.724. The van der Waals surface area contributed by atoms with Gasteiger partial charge in [-0.05, 0) is 43.2 Å². The topological polar surface area (TPSA) is 43.4 Å². The third kappa shape index (κ3) is 5.06. The van der Waals surface area contributed by atoms with Crippen LogP contribution in [-0.4, -0.2) is 20.8 Å². The lowest BCUT2D eigenvalue weighted by Gasteiger charge is -2.07. The number of ether oxygens (including phenoxy) is 1. The van der Waals surface area contributed by atoms with Gasteiger partial charge in [0.25, 0.3) is 0 Å². The average Bonchev–Trinajstić information content (AvgIpc) is 2.48. The Hall–Kier alpha value is -1.52. The Morgan fingerprint density at radius 1 is 0.952 bits per heavy atom. The molecule has 0 aromatic heterocycles. The van der Waals surface area contributed by atoms with Crippen LogP contribution in [0.25, 0.3) is 0 Å². The normalized spacial score (nSPS) is 11.3. The van der Waals surface area contributed by atoms with E-state index in [1.54, 1.807) is 18.2 Å². The van der Waals surface area contributed by atoms with E-state index in [2.05, 4.69) is 0 Å². The van der Waals surface area contributed by atoms with E-state index in [1.807, 2.05) is 30.3 Å². The molecule has 5 heteroatoms. The Kier molecular flexibility index (Phi) is 5.65. The van der Waals surface area contributed by atoms with Crippen molar-refractivity contribution in [3.05, 3.63) is 59.6 Å². The van der Waals surface area contributed by atoms with Gasteiger partial charge in [-0.3, -0.25) is 0 Å². The Bertz CT molecular complexity index is 669. The van der Waals surface area contributed by atoms with Crippen molar-refractivity contribution in [3.8, 4) is 5.75 Å². The number of hydrogen-bond donors (Lipinski definition) is 0. The van der Waals surface area contributed by atoms with Crippen molar-refractivity contribution in [1.82, 2.24) is 0 Å². The van der Waals surface area contributed by atoms with E-state index < -0.39 is 9.84 Å². The Labute approximate surface area is 130 Å². The molecule has 0 atom stereocenters. The molecule has 0 amide bonds. The lowest BCUT2D eigenvalue weighted by atomic mass is 10.3. The fourth-order valence-corrected chi connectivity index (χ4v) is 3.55. The van der Waals surface area contributed by atoms with Crippen molar-refractivity contribution >= 4 is 21.4 Å². The third-order valence-electron chi connectivity index (χ3n) is 2.97. The first-order valence-electron chi connectivity index (χ1n) is 6.74. The van der Waals surface area contributed by atoms with Gasteiger partial charge in [0.1, 0.15) is 5.75 Å². The Morgan fingerprint density at radius 3 is 2.43 bits per heavy atom. The Balaban J connectivity index is 1.78. The second-order valence-electron chi connectivity index (χ2n) is 4.64. The van der Waals surface area contributed by atoms with Crippen molar-refractivity contribution in [2.24, 2.45) is 0 Å². The van der Waals surface area contributed by atoms with Crippen molar-refractivity contribution in [2.45, 2.75) is 17.7 Å². The number of sulfone groups is 1. The maximum atomic E-state index is 12.1. The highest BCUT2D eigenvalue weighted by molar-refractivity contribution is 7.91. The summed E-state index contributed by atoms with van der Waals surface area (Å²) in [6.45, 7) is 0.509. The fraction of sp³-hybridized carbons (Fsp3) is 0.250. The molecule has 3 nitrogen and oxygen atoms in total. The highest BCUT2D eigenvalue weighted by atomic mass is 35.5. The lowest BCUT2D eigenvalue weighted by Crippen LogP contribution is -2.08. The molecule has 0 N–H and O–H groups in total. The summed E-state index contributed by atoms with van der Waals surface area (Å²) in [7, 11) is -3.27. The van der Waals surface area contributed by atoms with E-state index in [0.717, 1.165) is 5.75 Å². The number of halogens is 1. The summed E-state index contributed by atoms with van der Waals surface area (Å²) in [6, 6.07) is 15.8. The smallest absolute Gasteiger partial charge is 0.178 e. The maximum absolute atomic E-state index is 12.1. The van der Waals surface area contributed by atoms with Crippen molar-refractivity contribution < 1.29 is 13.2 Å². The van der Waals surface area contributed by atoms with Crippen LogP contribution in [0.5, 0.6) is 5.75 Å². The van der Waals surface area contributed by atoms with E-state index >= 15 is 0 Å². The van der Waals surface area contributed by atoms with Gasteiger partial charge in [0.15, 0.2) is 9.84 Å². The molecule has 0 saturated carbocycles. The van der Waals surface area contributed by atoms with E-state index in [0.29, 0.717) is 24.5 Å². The number of para-hydroxylation sites is 1. The molecule has 2 aromatic rings. The molecule has 0 fully saturated rings.